The summed E-state index contributed by atoms with van der Waals surface area (Å²) in [6, 6.07) is 4.72. The lowest BCUT2D eigenvalue weighted by Crippen LogP contribution is -2.41. The molecule has 0 bridgehead atoms. The van der Waals surface area contributed by atoms with Crippen LogP contribution in [-0.4, -0.2) is 48.5 Å². The van der Waals surface area contributed by atoms with Gasteiger partial charge >= 0.3 is 6.01 Å². The highest BCUT2D eigenvalue weighted by atomic mass is 32.2. The zero-order chi connectivity index (χ0) is 20.4. The number of amides is 1. The molecule has 2 aromatic rings. The molecule has 0 spiro atoms. The van der Waals surface area contributed by atoms with Crippen LogP contribution in [0.1, 0.15) is 37.7 Å². The van der Waals surface area contributed by atoms with Crippen molar-refractivity contribution >= 4 is 21.9 Å². The van der Waals surface area contributed by atoms with E-state index in [1.54, 1.807) is 0 Å². The lowest BCUT2D eigenvalue weighted by atomic mass is 9.97. The van der Waals surface area contributed by atoms with E-state index in [-0.39, 0.29) is 41.9 Å². The van der Waals surface area contributed by atoms with Crippen LogP contribution in [0.2, 0.25) is 0 Å². The van der Waals surface area contributed by atoms with Crippen molar-refractivity contribution in [3.8, 4) is 0 Å². The van der Waals surface area contributed by atoms with E-state index in [1.807, 2.05) is 0 Å². The van der Waals surface area contributed by atoms with Gasteiger partial charge in [-0.2, -0.15) is 4.31 Å². The number of halogens is 1. The molecular weight excluding hydrogens is 403 g/mol. The van der Waals surface area contributed by atoms with Crippen LogP contribution in [0, 0.1) is 11.7 Å². The Balaban J connectivity index is 1.33. The molecule has 0 saturated carbocycles. The van der Waals surface area contributed by atoms with Crippen LogP contribution in [0.15, 0.2) is 33.6 Å². The van der Waals surface area contributed by atoms with Gasteiger partial charge in [-0.25, -0.2) is 12.8 Å². The van der Waals surface area contributed by atoms with Crippen LogP contribution in [-0.2, 0) is 19.6 Å². The predicted molar refractivity (Wildman–Crippen MR) is 98.7 cm³/mol. The summed E-state index contributed by atoms with van der Waals surface area (Å²) in [6.45, 7) is 1.04. The minimum absolute atomic E-state index is 0.0156. The number of hydrogen-bond donors (Lipinski definition) is 1. The first kappa shape index (κ1) is 19.9. The van der Waals surface area contributed by atoms with Gasteiger partial charge in [0.15, 0.2) is 0 Å². The van der Waals surface area contributed by atoms with E-state index >= 15 is 0 Å². The molecule has 4 rings (SSSR count). The summed E-state index contributed by atoms with van der Waals surface area (Å²) in [5.74, 6) is -0.805. The van der Waals surface area contributed by atoms with Crippen LogP contribution in [0.5, 0.6) is 0 Å². The number of nitrogens with zero attached hydrogens (tertiary/aromatic N) is 3. The number of nitrogens with one attached hydrogen (secondary N) is 1. The molecule has 0 aliphatic carbocycles. The molecule has 11 heteroatoms. The zero-order valence-corrected chi connectivity index (χ0v) is 16.4. The number of piperidine rings is 1. The number of carbonyl (C=O) groups is 1. The van der Waals surface area contributed by atoms with Gasteiger partial charge < -0.3 is 9.15 Å². The SMILES string of the molecule is O=C(Nc1nnc([C@@H]2CCCO2)o1)C1CCN(S(=O)(=O)c2ccc(F)cc2)CC1. The third kappa shape index (κ3) is 4.31. The van der Waals surface area contributed by atoms with Gasteiger partial charge in [-0.1, -0.05) is 5.10 Å². The normalized spacial score (nSPS) is 21.3. The van der Waals surface area contributed by atoms with Gasteiger partial charge in [-0.15, -0.1) is 5.10 Å². The molecule has 3 heterocycles. The molecule has 1 N–H and O–H groups in total. The Morgan fingerprint density at radius 2 is 1.86 bits per heavy atom. The van der Waals surface area contributed by atoms with E-state index < -0.39 is 15.8 Å². The van der Waals surface area contributed by atoms with Gasteiger partial charge in [0, 0.05) is 25.6 Å². The molecule has 29 heavy (non-hydrogen) atoms. The molecule has 1 amide bonds. The average Bonchev–Trinajstić information content (AvgIpc) is 3.40. The molecule has 1 atom stereocenters. The highest BCUT2D eigenvalue weighted by molar-refractivity contribution is 7.89. The smallest absolute Gasteiger partial charge is 0.322 e. The maximum Gasteiger partial charge on any atom is 0.322 e. The van der Waals surface area contributed by atoms with Gasteiger partial charge in [0.05, 0.1) is 4.90 Å². The summed E-state index contributed by atoms with van der Waals surface area (Å²) < 4.78 is 50.6. The second kappa shape index (κ2) is 8.17. The predicted octanol–water partition coefficient (Wildman–Crippen LogP) is 2.10. The van der Waals surface area contributed by atoms with E-state index in [4.69, 9.17) is 9.15 Å². The summed E-state index contributed by atoms with van der Waals surface area (Å²) in [7, 11) is -3.71. The molecule has 2 fully saturated rings. The summed E-state index contributed by atoms with van der Waals surface area (Å²) >= 11 is 0. The highest BCUT2D eigenvalue weighted by Gasteiger charge is 2.33. The molecule has 2 aliphatic rings. The van der Waals surface area contributed by atoms with E-state index in [9.17, 15) is 17.6 Å². The van der Waals surface area contributed by atoms with Crippen molar-refractivity contribution in [2.45, 2.75) is 36.7 Å². The Hall–Kier alpha value is -2.37. The summed E-state index contributed by atoms with van der Waals surface area (Å²) in [5.41, 5.74) is 0. The monoisotopic (exact) mass is 424 g/mol. The van der Waals surface area contributed by atoms with Gasteiger partial charge in [-0.05, 0) is 49.9 Å². The first-order valence-corrected chi connectivity index (χ1v) is 10.9. The quantitative estimate of drug-likeness (QED) is 0.782. The van der Waals surface area contributed by atoms with E-state index in [0.717, 1.165) is 25.0 Å². The number of anilines is 1. The van der Waals surface area contributed by atoms with Gasteiger partial charge in [0.25, 0.3) is 0 Å². The van der Waals surface area contributed by atoms with E-state index in [2.05, 4.69) is 15.5 Å². The zero-order valence-electron chi connectivity index (χ0n) is 15.6. The lowest BCUT2D eigenvalue weighted by Gasteiger charge is -2.30. The maximum absolute atomic E-state index is 13.0. The number of ether oxygens (including phenoxy) is 1. The number of benzene rings is 1. The van der Waals surface area contributed by atoms with E-state index in [1.165, 1.54) is 16.4 Å². The lowest BCUT2D eigenvalue weighted by molar-refractivity contribution is -0.121. The van der Waals surface area contributed by atoms with Gasteiger partial charge in [-0.3, -0.25) is 10.1 Å². The molecule has 1 aromatic carbocycles. The Morgan fingerprint density at radius 3 is 2.52 bits per heavy atom. The fourth-order valence-electron chi connectivity index (χ4n) is 3.51. The minimum atomic E-state index is -3.71. The molecule has 0 unspecified atom stereocenters. The molecule has 9 nitrogen and oxygen atoms in total. The number of aromatic nitrogens is 2. The van der Waals surface area contributed by atoms with Crippen LogP contribution in [0.4, 0.5) is 10.4 Å². The first-order valence-electron chi connectivity index (χ1n) is 9.45. The third-order valence-corrected chi connectivity index (χ3v) is 7.06. The molecule has 156 valence electrons. The third-order valence-electron chi connectivity index (χ3n) is 5.15. The molecule has 0 radical (unpaired) electrons. The Kier molecular flexibility index (Phi) is 5.61. The van der Waals surface area contributed by atoms with Crippen molar-refractivity contribution in [2.24, 2.45) is 5.92 Å². The number of hydrogen-bond acceptors (Lipinski definition) is 7. The molecule has 2 aliphatic heterocycles. The van der Waals surface area contributed by atoms with E-state index in [0.29, 0.717) is 25.3 Å². The highest BCUT2D eigenvalue weighted by Crippen LogP contribution is 2.29. The Bertz CT molecular complexity index is 964. The summed E-state index contributed by atoms with van der Waals surface area (Å²) in [6.07, 6.45) is 2.22. The van der Waals surface area contributed by atoms with Crippen molar-refractivity contribution in [1.82, 2.24) is 14.5 Å². The standard InChI is InChI=1S/C18H21FN4O5S/c19-13-3-5-14(6-4-13)29(25,26)23-9-7-12(8-10-23)16(24)20-18-22-21-17(28-18)15-2-1-11-27-15/h3-6,12,15H,1-2,7-11H2,(H,20,22,24)/t15-/m0/s1. The number of sulfonamides is 1. The van der Waals surface area contributed by atoms with Crippen LogP contribution >= 0.6 is 0 Å². The maximum atomic E-state index is 13.0. The van der Waals surface area contributed by atoms with Crippen molar-refractivity contribution in [3.05, 3.63) is 36.0 Å². The Morgan fingerprint density at radius 1 is 1.14 bits per heavy atom. The average molecular weight is 424 g/mol. The number of carbonyl (C=O) groups excluding carboxylic acids is 1. The van der Waals surface area contributed by atoms with Gasteiger partial charge in [0.1, 0.15) is 11.9 Å². The second-order valence-corrected chi connectivity index (χ2v) is 9.01. The van der Waals surface area contributed by atoms with Crippen LogP contribution in [0.25, 0.3) is 0 Å². The summed E-state index contributed by atoms with van der Waals surface area (Å²) in [5, 5.41) is 10.3. The van der Waals surface area contributed by atoms with Crippen LogP contribution < -0.4 is 5.32 Å². The molecule has 2 saturated heterocycles. The number of rotatable bonds is 5. The van der Waals surface area contributed by atoms with Crippen molar-refractivity contribution in [1.29, 1.82) is 0 Å². The molecular formula is C18H21FN4O5S. The Labute approximate surface area is 167 Å². The minimum Gasteiger partial charge on any atom is -0.405 e. The van der Waals surface area contributed by atoms with Gasteiger partial charge in [0.2, 0.25) is 21.8 Å². The van der Waals surface area contributed by atoms with Crippen molar-refractivity contribution in [2.75, 3.05) is 25.0 Å². The summed E-state index contributed by atoms with van der Waals surface area (Å²) in [4.78, 5) is 12.5. The topological polar surface area (TPSA) is 115 Å². The molecule has 1 aromatic heterocycles. The fraction of sp³-hybridized carbons (Fsp3) is 0.500. The van der Waals surface area contributed by atoms with Crippen molar-refractivity contribution in [3.63, 3.8) is 0 Å². The first-order chi connectivity index (χ1) is 13.9. The second-order valence-electron chi connectivity index (χ2n) is 7.07. The van der Waals surface area contributed by atoms with Crippen LogP contribution in [0.3, 0.4) is 0 Å². The largest absolute Gasteiger partial charge is 0.405 e. The fourth-order valence-corrected chi connectivity index (χ4v) is 4.98. The van der Waals surface area contributed by atoms with Crippen molar-refractivity contribution < 1.29 is 26.8 Å².